The summed E-state index contributed by atoms with van der Waals surface area (Å²) in [5, 5.41) is 12.1. The van der Waals surface area contributed by atoms with Crippen molar-refractivity contribution in [1.82, 2.24) is 5.32 Å². The zero-order chi connectivity index (χ0) is 16.1. The molecule has 120 valence electrons. The number of ether oxygens (including phenoxy) is 1. The second kappa shape index (κ2) is 7.13. The van der Waals surface area contributed by atoms with Crippen molar-refractivity contribution in [1.29, 1.82) is 0 Å². The van der Waals surface area contributed by atoms with Crippen LogP contribution in [0.1, 0.15) is 6.92 Å². The number of phenolic OH excluding ortho intramolecular Hbond substituents is 1. The highest BCUT2D eigenvalue weighted by atomic mass is 16.5. The second-order valence-corrected chi connectivity index (χ2v) is 5.34. The number of phenols is 1. The highest BCUT2D eigenvalue weighted by molar-refractivity contribution is 5.93. The van der Waals surface area contributed by atoms with Gasteiger partial charge in [-0.05, 0) is 19.1 Å². The molecule has 0 unspecified atom stereocenters. The molecule has 1 aromatic rings. The molecule has 0 aromatic heterocycles. The first-order valence-electron chi connectivity index (χ1n) is 7.29. The Balaban J connectivity index is 1.90. The van der Waals surface area contributed by atoms with Gasteiger partial charge in [-0.3, -0.25) is 10.1 Å². The number of nitrogens with one attached hydrogen (secondary N) is 2. The fourth-order valence-corrected chi connectivity index (χ4v) is 2.64. The molecule has 0 aliphatic carbocycles. The van der Waals surface area contributed by atoms with E-state index in [0.29, 0.717) is 0 Å². The molecule has 3 N–H and O–H groups in total. The van der Waals surface area contributed by atoms with Crippen LogP contribution in [0.15, 0.2) is 24.3 Å². The number of anilines is 1. The van der Waals surface area contributed by atoms with Crippen LogP contribution >= 0.6 is 0 Å². The molecule has 1 fully saturated rings. The van der Waals surface area contributed by atoms with Gasteiger partial charge < -0.3 is 19.6 Å². The molecular formula is C15H22N3O4+. The van der Waals surface area contributed by atoms with Crippen LogP contribution in [0.3, 0.4) is 0 Å². The minimum absolute atomic E-state index is 0.266. The lowest BCUT2D eigenvalue weighted by molar-refractivity contribution is -0.914. The summed E-state index contributed by atoms with van der Waals surface area (Å²) >= 11 is 0. The van der Waals surface area contributed by atoms with Gasteiger partial charge in [0.15, 0.2) is 6.04 Å². The molecule has 22 heavy (non-hydrogen) atoms. The minimum atomic E-state index is -0.732. The molecule has 7 heteroatoms. The second-order valence-electron chi connectivity index (χ2n) is 5.34. The lowest BCUT2D eigenvalue weighted by atomic mass is 10.2. The summed E-state index contributed by atoms with van der Waals surface area (Å²) in [5.41, 5.74) is 0.813. The molecule has 1 heterocycles. The van der Waals surface area contributed by atoms with Crippen LogP contribution in [-0.2, 0) is 9.53 Å². The van der Waals surface area contributed by atoms with E-state index in [4.69, 9.17) is 0 Å². The van der Waals surface area contributed by atoms with Crippen molar-refractivity contribution in [3.05, 3.63) is 24.3 Å². The topological polar surface area (TPSA) is 83.3 Å². The minimum Gasteiger partial charge on any atom is -0.506 e. The summed E-state index contributed by atoms with van der Waals surface area (Å²) in [7, 11) is 1.23. The maximum atomic E-state index is 11.9. The number of quaternary nitrogens is 1. The SMILES string of the molecule is COC(=O)NC(=O)[C@@H](C)[NH+]1CCN(c2ccccc2O)CC1. The summed E-state index contributed by atoms with van der Waals surface area (Å²) in [6, 6.07) is 6.90. The number of nitrogens with zero attached hydrogens (tertiary/aromatic N) is 1. The summed E-state index contributed by atoms with van der Waals surface area (Å²) < 4.78 is 4.43. The molecule has 2 rings (SSSR count). The number of carbonyl (C=O) groups excluding carboxylic acids is 2. The Morgan fingerprint density at radius 1 is 1.32 bits per heavy atom. The third kappa shape index (κ3) is 3.67. The average molecular weight is 308 g/mol. The summed E-state index contributed by atoms with van der Waals surface area (Å²) in [6.45, 7) is 4.78. The van der Waals surface area contributed by atoms with E-state index in [1.165, 1.54) is 7.11 Å². The van der Waals surface area contributed by atoms with Crippen molar-refractivity contribution in [2.24, 2.45) is 0 Å². The zero-order valence-electron chi connectivity index (χ0n) is 12.8. The Hall–Kier alpha value is -2.28. The number of rotatable bonds is 3. The highest BCUT2D eigenvalue weighted by Gasteiger charge is 2.30. The van der Waals surface area contributed by atoms with Crippen LogP contribution in [0.25, 0.3) is 0 Å². The largest absolute Gasteiger partial charge is 0.506 e. The zero-order valence-corrected chi connectivity index (χ0v) is 12.8. The molecule has 1 aliphatic rings. The molecule has 1 aromatic carbocycles. The van der Waals surface area contributed by atoms with Gasteiger partial charge in [-0.1, -0.05) is 12.1 Å². The number of benzene rings is 1. The molecule has 1 aliphatic heterocycles. The Morgan fingerprint density at radius 3 is 2.55 bits per heavy atom. The normalized spacial score (nSPS) is 16.9. The maximum absolute atomic E-state index is 11.9. The van der Waals surface area contributed by atoms with Gasteiger partial charge in [0.2, 0.25) is 0 Å². The van der Waals surface area contributed by atoms with Gasteiger partial charge in [0.25, 0.3) is 5.91 Å². The van der Waals surface area contributed by atoms with Crippen molar-refractivity contribution < 1.29 is 24.3 Å². The number of amides is 2. The molecular weight excluding hydrogens is 286 g/mol. The summed E-state index contributed by atoms with van der Waals surface area (Å²) in [6.07, 6.45) is -0.732. The average Bonchev–Trinajstić information content (AvgIpc) is 2.54. The van der Waals surface area contributed by atoms with Crippen LogP contribution in [0.2, 0.25) is 0 Å². The molecule has 0 saturated carbocycles. The van der Waals surface area contributed by atoms with E-state index in [0.717, 1.165) is 36.8 Å². The lowest BCUT2D eigenvalue weighted by Crippen LogP contribution is -3.19. The Kier molecular flexibility index (Phi) is 5.21. The van der Waals surface area contributed by atoms with Crippen molar-refractivity contribution >= 4 is 17.7 Å². The number of piperazine rings is 1. The van der Waals surface area contributed by atoms with Gasteiger partial charge in [-0.25, -0.2) is 4.79 Å². The standard InChI is InChI=1S/C15H21N3O4/c1-11(14(20)16-15(21)22-2)17-7-9-18(10-8-17)12-5-3-4-6-13(12)19/h3-6,11,19H,7-10H2,1-2H3,(H,16,20,21)/p+1/t11-/m1/s1. The third-order valence-corrected chi connectivity index (χ3v) is 4.04. The van der Waals surface area contributed by atoms with E-state index < -0.39 is 6.09 Å². The number of methoxy groups -OCH3 is 1. The van der Waals surface area contributed by atoms with Crippen LogP contribution < -0.4 is 15.1 Å². The fourth-order valence-electron chi connectivity index (χ4n) is 2.64. The van der Waals surface area contributed by atoms with Crippen molar-refractivity contribution in [2.45, 2.75) is 13.0 Å². The fraction of sp³-hybridized carbons (Fsp3) is 0.467. The first kappa shape index (κ1) is 16.1. The first-order chi connectivity index (χ1) is 10.5. The van der Waals surface area contributed by atoms with Crippen LogP contribution in [0, 0.1) is 0 Å². The van der Waals surface area contributed by atoms with Crippen LogP contribution in [-0.4, -0.2) is 56.4 Å². The van der Waals surface area contributed by atoms with Gasteiger partial charge in [0.05, 0.1) is 39.0 Å². The smallest absolute Gasteiger partial charge is 0.413 e. The van der Waals surface area contributed by atoms with Gasteiger partial charge >= 0.3 is 6.09 Å². The van der Waals surface area contributed by atoms with Crippen LogP contribution in [0.5, 0.6) is 5.75 Å². The van der Waals surface area contributed by atoms with E-state index >= 15 is 0 Å². The molecule has 0 radical (unpaired) electrons. The van der Waals surface area contributed by atoms with E-state index in [-0.39, 0.29) is 17.7 Å². The molecule has 0 bridgehead atoms. The number of carbonyl (C=O) groups is 2. The molecule has 2 amide bonds. The first-order valence-corrected chi connectivity index (χ1v) is 7.29. The number of alkyl carbamates (subject to hydrolysis) is 1. The number of aromatic hydroxyl groups is 1. The van der Waals surface area contributed by atoms with Crippen molar-refractivity contribution in [2.75, 3.05) is 38.2 Å². The lowest BCUT2D eigenvalue weighted by Gasteiger charge is -2.36. The molecule has 1 atom stereocenters. The molecule has 7 nitrogen and oxygen atoms in total. The van der Waals surface area contributed by atoms with Crippen molar-refractivity contribution in [3.63, 3.8) is 0 Å². The van der Waals surface area contributed by atoms with E-state index in [2.05, 4.69) is 15.0 Å². The van der Waals surface area contributed by atoms with Crippen molar-refractivity contribution in [3.8, 4) is 5.75 Å². The predicted octanol–water partition coefficient (Wildman–Crippen LogP) is -0.632. The number of para-hydroxylation sites is 2. The molecule has 0 spiro atoms. The Bertz CT molecular complexity index is 541. The van der Waals surface area contributed by atoms with Gasteiger partial charge in [-0.15, -0.1) is 0 Å². The quantitative estimate of drug-likeness (QED) is 0.692. The van der Waals surface area contributed by atoms with Gasteiger partial charge in [0, 0.05) is 0 Å². The Morgan fingerprint density at radius 2 is 1.95 bits per heavy atom. The monoisotopic (exact) mass is 308 g/mol. The number of imide groups is 1. The van der Waals surface area contributed by atoms with Gasteiger partial charge in [0.1, 0.15) is 5.75 Å². The third-order valence-electron chi connectivity index (χ3n) is 4.04. The van der Waals surface area contributed by atoms with E-state index in [1.807, 2.05) is 12.1 Å². The Labute approximate surface area is 129 Å². The number of hydrogen-bond acceptors (Lipinski definition) is 5. The maximum Gasteiger partial charge on any atom is 0.413 e. The highest BCUT2D eigenvalue weighted by Crippen LogP contribution is 2.25. The summed E-state index contributed by atoms with van der Waals surface area (Å²) in [4.78, 5) is 26.2. The van der Waals surface area contributed by atoms with Crippen LogP contribution in [0.4, 0.5) is 10.5 Å². The number of hydrogen-bond donors (Lipinski definition) is 3. The van der Waals surface area contributed by atoms with Gasteiger partial charge in [-0.2, -0.15) is 0 Å². The predicted molar refractivity (Wildman–Crippen MR) is 81.0 cm³/mol. The summed E-state index contributed by atoms with van der Waals surface area (Å²) in [5.74, 6) is -0.0692. The molecule has 1 saturated heterocycles. The van der Waals surface area contributed by atoms with E-state index in [1.54, 1.807) is 19.1 Å². The van der Waals surface area contributed by atoms with E-state index in [9.17, 15) is 14.7 Å².